The van der Waals surface area contributed by atoms with E-state index in [9.17, 15) is 4.79 Å². The fourth-order valence-electron chi connectivity index (χ4n) is 2.90. The predicted octanol–water partition coefficient (Wildman–Crippen LogP) is 4.00. The third-order valence-corrected chi connectivity index (χ3v) is 4.60. The largest absolute Gasteiger partial charge is 0.497 e. The Hall–Kier alpha value is -3.06. The average Bonchev–Trinajstić information content (AvgIpc) is 3.08. The molecule has 0 radical (unpaired) electrons. The summed E-state index contributed by atoms with van der Waals surface area (Å²) < 4.78 is 7.11. The highest BCUT2D eigenvalue weighted by atomic mass is 35.5. The molecule has 29 heavy (non-hydrogen) atoms. The summed E-state index contributed by atoms with van der Waals surface area (Å²) in [5.74, 6) is 1.37. The van der Waals surface area contributed by atoms with Crippen molar-refractivity contribution in [2.24, 2.45) is 0 Å². The lowest BCUT2D eigenvalue weighted by Crippen LogP contribution is -2.22. The summed E-state index contributed by atoms with van der Waals surface area (Å²) in [5, 5.41) is 8.52. The summed E-state index contributed by atoms with van der Waals surface area (Å²) in [7, 11) is 5.10. The van der Waals surface area contributed by atoms with Gasteiger partial charge in [0.05, 0.1) is 12.8 Å². The fraction of sp³-hybridized carbons (Fsp3) is 0.286. The molecule has 0 aliphatic rings. The molecule has 0 spiro atoms. The highest BCUT2D eigenvalue weighted by Crippen LogP contribution is 2.27. The van der Waals surface area contributed by atoms with E-state index in [0.717, 1.165) is 22.8 Å². The van der Waals surface area contributed by atoms with Crippen molar-refractivity contribution in [1.29, 1.82) is 0 Å². The van der Waals surface area contributed by atoms with Crippen LogP contribution < -0.4 is 10.1 Å². The number of methoxy groups -OCH3 is 1. The van der Waals surface area contributed by atoms with E-state index in [-0.39, 0.29) is 5.91 Å². The van der Waals surface area contributed by atoms with Crippen LogP contribution in [-0.2, 0) is 11.2 Å². The first-order valence-electron chi connectivity index (χ1n) is 9.19. The number of carbonyl (C=O) groups is 1. The molecule has 1 aromatic carbocycles. The second-order valence-electron chi connectivity index (χ2n) is 6.88. The quantitative estimate of drug-likeness (QED) is 0.633. The number of nitrogens with zero attached hydrogens (tertiary/aromatic N) is 4. The van der Waals surface area contributed by atoms with Gasteiger partial charge in [0.1, 0.15) is 5.75 Å². The van der Waals surface area contributed by atoms with Crippen LogP contribution in [0.1, 0.15) is 17.8 Å². The van der Waals surface area contributed by atoms with Crippen LogP contribution in [0.15, 0.2) is 42.6 Å². The summed E-state index contributed by atoms with van der Waals surface area (Å²) in [5.41, 5.74) is 3.46. The van der Waals surface area contributed by atoms with Crippen LogP contribution in [0.5, 0.6) is 5.75 Å². The van der Waals surface area contributed by atoms with Gasteiger partial charge in [-0.1, -0.05) is 11.6 Å². The maximum atomic E-state index is 12.1. The number of hydrogen-bond acceptors (Lipinski definition) is 5. The Labute approximate surface area is 175 Å². The van der Waals surface area contributed by atoms with Crippen molar-refractivity contribution >= 4 is 29.0 Å². The van der Waals surface area contributed by atoms with Gasteiger partial charge in [0.15, 0.2) is 5.82 Å². The Bertz CT molecular complexity index is 1020. The minimum absolute atomic E-state index is 0.0674. The number of ether oxygens (including phenoxy) is 1. The minimum atomic E-state index is 0.0674. The fourth-order valence-corrected chi connectivity index (χ4v) is 3.13. The average molecular weight is 414 g/mol. The SMILES string of the molecule is COc1cc(Cl)cc(Nc2cc(CCC(=O)N(C)C)n(-c3ccnc(C)c3)n2)c1. The molecular weight excluding hydrogens is 390 g/mol. The van der Waals surface area contributed by atoms with Crippen LogP contribution >= 0.6 is 11.6 Å². The van der Waals surface area contributed by atoms with Gasteiger partial charge in [-0.15, -0.1) is 5.10 Å². The van der Waals surface area contributed by atoms with Crippen molar-refractivity contribution in [2.45, 2.75) is 19.8 Å². The van der Waals surface area contributed by atoms with Gasteiger partial charge in [-0.25, -0.2) is 4.68 Å². The first-order chi connectivity index (χ1) is 13.9. The highest BCUT2D eigenvalue weighted by molar-refractivity contribution is 6.31. The van der Waals surface area contributed by atoms with Gasteiger partial charge >= 0.3 is 0 Å². The number of amides is 1. The molecule has 0 unspecified atom stereocenters. The molecule has 2 aromatic heterocycles. The van der Waals surface area contributed by atoms with Gasteiger partial charge in [-0.2, -0.15) is 0 Å². The summed E-state index contributed by atoms with van der Waals surface area (Å²) in [6.45, 7) is 1.93. The zero-order valence-corrected chi connectivity index (χ0v) is 17.7. The van der Waals surface area contributed by atoms with E-state index in [1.54, 1.807) is 44.4 Å². The normalized spacial score (nSPS) is 10.7. The number of aryl methyl sites for hydroxylation is 2. The summed E-state index contributed by atoms with van der Waals surface area (Å²) in [6, 6.07) is 11.2. The van der Waals surface area contributed by atoms with Crippen LogP contribution in [0.3, 0.4) is 0 Å². The van der Waals surface area contributed by atoms with Gasteiger partial charge in [0.2, 0.25) is 5.91 Å². The molecule has 0 saturated heterocycles. The van der Waals surface area contributed by atoms with E-state index in [0.29, 0.717) is 29.4 Å². The van der Waals surface area contributed by atoms with Crippen LogP contribution in [0, 0.1) is 6.92 Å². The number of benzene rings is 1. The van der Waals surface area contributed by atoms with Crippen molar-refractivity contribution < 1.29 is 9.53 Å². The van der Waals surface area contributed by atoms with E-state index in [1.807, 2.05) is 35.9 Å². The van der Waals surface area contributed by atoms with E-state index in [1.165, 1.54) is 0 Å². The van der Waals surface area contributed by atoms with Crippen LogP contribution in [0.4, 0.5) is 11.5 Å². The Morgan fingerprint density at radius 2 is 2.03 bits per heavy atom. The number of anilines is 2. The minimum Gasteiger partial charge on any atom is -0.497 e. The van der Waals surface area contributed by atoms with Crippen LogP contribution in [0.25, 0.3) is 5.69 Å². The number of hydrogen-bond donors (Lipinski definition) is 1. The van der Waals surface area contributed by atoms with Crippen molar-refractivity contribution in [3.63, 3.8) is 0 Å². The molecule has 1 amide bonds. The lowest BCUT2D eigenvalue weighted by Gasteiger charge is -2.11. The van der Waals surface area contributed by atoms with Crippen molar-refractivity contribution in [3.8, 4) is 11.4 Å². The molecule has 0 saturated carbocycles. The van der Waals surface area contributed by atoms with Gasteiger partial charge in [0.25, 0.3) is 0 Å². The zero-order valence-electron chi connectivity index (χ0n) is 16.9. The Morgan fingerprint density at radius 1 is 1.24 bits per heavy atom. The second-order valence-corrected chi connectivity index (χ2v) is 7.32. The van der Waals surface area contributed by atoms with Gasteiger partial charge in [0, 0.05) is 60.9 Å². The molecular formula is C21H24ClN5O2. The molecule has 0 fully saturated rings. The van der Waals surface area contributed by atoms with Crippen LogP contribution in [-0.4, -0.2) is 46.8 Å². The molecule has 1 N–H and O–H groups in total. The number of nitrogens with one attached hydrogen (secondary N) is 1. The lowest BCUT2D eigenvalue weighted by molar-refractivity contribution is -0.128. The summed E-state index contributed by atoms with van der Waals surface area (Å²) >= 11 is 6.16. The standard InChI is InChI=1S/C21H24ClN5O2/c1-14-9-18(7-8-23-14)27-17(5-6-21(28)26(2)3)13-20(25-27)24-16-10-15(22)11-19(12-16)29-4/h7-13H,5-6H2,1-4H3,(H,24,25). The van der Waals surface area contributed by atoms with Crippen molar-refractivity contribution in [1.82, 2.24) is 19.7 Å². The molecule has 2 heterocycles. The number of pyridine rings is 1. The van der Waals surface area contributed by atoms with Crippen molar-refractivity contribution in [3.05, 3.63) is 59.0 Å². The van der Waals surface area contributed by atoms with Gasteiger partial charge < -0.3 is 15.0 Å². The number of rotatable bonds is 7. The summed E-state index contributed by atoms with van der Waals surface area (Å²) in [6.07, 6.45) is 2.70. The van der Waals surface area contributed by atoms with Gasteiger partial charge in [-0.3, -0.25) is 9.78 Å². The number of aromatic nitrogens is 3. The molecule has 0 atom stereocenters. The maximum absolute atomic E-state index is 12.1. The highest BCUT2D eigenvalue weighted by Gasteiger charge is 2.14. The van der Waals surface area contributed by atoms with E-state index < -0.39 is 0 Å². The van der Waals surface area contributed by atoms with E-state index >= 15 is 0 Å². The Balaban J connectivity index is 1.93. The molecule has 3 aromatic rings. The first kappa shape index (κ1) is 20.7. The summed E-state index contributed by atoms with van der Waals surface area (Å²) in [4.78, 5) is 17.9. The second kappa shape index (κ2) is 8.96. The zero-order chi connectivity index (χ0) is 21.0. The first-order valence-corrected chi connectivity index (χ1v) is 9.57. The van der Waals surface area contributed by atoms with E-state index in [2.05, 4.69) is 10.3 Å². The molecule has 0 aliphatic carbocycles. The van der Waals surface area contributed by atoms with Gasteiger partial charge in [-0.05, 0) is 37.6 Å². The smallest absolute Gasteiger partial charge is 0.222 e. The molecule has 8 heteroatoms. The monoisotopic (exact) mass is 413 g/mol. The molecule has 3 rings (SSSR count). The third kappa shape index (κ3) is 5.26. The molecule has 0 bridgehead atoms. The van der Waals surface area contributed by atoms with E-state index in [4.69, 9.17) is 21.4 Å². The molecule has 152 valence electrons. The Kier molecular flexibility index (Phi) is 6.39. The lowest BCUT2D eigenvalue weighted by atomic mass is 10.2. The van der Waals surface area contributed by atoms with Crippen LogP contribution in [0.2, 0.25) is 5.02 Å². The predicted molar refractivity (Wildman–Crippen MR) is 114 cm³/mol. The topological polar surface area (TPSA) is 72.3 Å². The Morgan fingerprint density at radius 3 is 2.72 bits per heavy atom. The molecule has 0 aliphatic heterocycles. The number of halogens is 1. The number of carbonyl (C=O) groups excluding carboxylic acids is 1. The maximum Gasteiger partial charge on any atom is 0.222 e. The molecule has 7 nitrogen and oxygen atoms in total. The third-order valence-electron chi connectivity index (χ3n) is 4.38. The van der Waals surface area contributed by atoms with Crippen molar-refractivity contribution in [2.75, 3.05) is 26.5 Å².